The fraction of sp³-hybridized carbons (Fsp3) is 0.714. The molecule has 0 aromatic rings. The monoisotopic (exact) mass is 266 g/mol. The van der Waals surface area contributed by atoms with Gasteiger partial charge < -0.3 is 15.3 Å². The van der Waals surface area contributed by atoms with Crippen molar-refractivity contribution in [1.82, 2.24) is 10.2 Å². The summed E-state index contributed by atoms with van der Waals surface area (Å²) in [6, 6.07) is -0.408. The lowest BCUT2D eigenvalue weighted by Crippen LogP contribution is -2.51. The molecule has 2 atom stereocenters. The van der Waals surface area contributed by atoms with Crippen LogP contribution in [-0.4, -0.2) is 40.6 Å². The van der Waals surface area contributed by atoms with Gasteiger partial charge in [-0.3, -0.25) is 4.79 Å². The van der Waals surface area contributed by atoms with E-state index in [9.17, 15) is 9.59 Å². The molecule has 1 fully saturated rings. The Bertz CT molecular complexity index is 362. The first kappa shape index (κ1) is 15.4. The summed E-state index contributed by atoms with van der Waals surface area (Å²) in [7, 11) is 0. The molecule has 106 valence electrons. The summed E-state index contributed by atoms with van der Waals surface area (Å²) in [4.78, 5) is 24.5. The highest BCUT2D eigenvalue weighted by molar-refractivity contribution is 5.75. The lowest BCUT2D eigenvalue weighted by molar-refractivity contribution is -0.137. The van der Waals surface area contributed by atoms with Crippen LogP contribution in [0.1, 0.15) is 45.4 Å². The third-order valence-electron chi connectivity index (χ3n) is 3.49. The van der Waals surface area contributed by atoms with Crippen LogP contribution < -0.4 is 5.32 Å². The third-order valence-corrected chi connectivity index (χ3v) is 3.49. The van der Waals surface area contributed by atoms with Crippen LogP contribution in [0.25, 0.3) is 0 Å². The Balaban J connectivity index is 2.58. The number of carboxylic acid groups (broad SMARTS) is 1. The summed E-state index contributed by atoms with van der Waals surface area (Å²) >= 11 is 0. The molecule has 2 unspecified atom stereocenters. The number of terminal acetylenes is 1. The first-order valence-electron chi connectivity index (χ1n) is 6.83. The van der Waals surface area contributed by atoms with Crippen LogP contribution in [0.2, 0.25) is 0 Å². The van der Waals surface area contributed by atoms with Crippen molar-refractivity contribution in [2.75, 3.05) is 6.54 Å². The van der Waals surface area contributed by atoms with E-state index in [1.807, 2.05) is 6.92 Å². The molecule has 0 radical (unpaired) electrons. The van der Waals surface area contributed by atoms with Crippen LogP contribution in [0.3, 0.4) is 0 Å². The SMILES string of the molecule is C#CC(CC)NC(=O)N1CCCCC1CCC(=O)O. The summed E-state index contributed by atoms with van der Waals surface area (Å²) in [5.74, 6) is 1.72. The highest BCUT2D eigenvalue weighted by Gasteiger charge is 2.27. The van der Waals surface area contributed by atoms with Gasteiger partial charge >= 0.3 is 12.0 Å². The molecule has 19 heavy (non-hydrogen) atoms. The zero-order valence-corrected chi connectivity index (χ0v) is 11.4. The van der Waals surface area contributed by atoms with Crippen molar-refractivity contribution in [2.24, 2.45) is 0 Å². The molecule has 1 heterocycles. The summed E-state index contributed by atoms with van der Waals surface area (Å²) in [5.41, 5.74) is 0. The van der Waals surface area contributed by atoms with Gasteiger partial charge in [0.2, 0.25) is 0 Å². The molecule has 0 aromatic heterocycles. The number of rotatable bonds is 5. The number of nitrogens with zero attached hydrogens (tertiary/aromatic N) is 1. The van der Waals surface area contributed by atoms with Gasteiger partial charge in [0.1, 0.15) is 0 Å². The van der Waals surface area contributed by atoms with Gasteiger partial charge in [-0.25, -0.2) is 4.79 Å². The number of nitrogens with one attached hydrogen (secondary N) is 1. The molecule has 0 bridgehead atoms. The number of urea groups is 1. The van der Waals surface area contributed by atoms with Gasteiger partial charge in [0, 0.05) is 19.0 Å². The maximum atomic E-state index is 12.2. The van der Waals surface area contributed by atoms with E-state index in [-0.39, 0.29) is 24.5 Å². The van der Waals surface area contributed by atoms with E-state index in [4.69, 9.17) is 11.5 Å². The Morgan fingerprint density at radius 1 is 1.53 bits per heavy atom. The van der Waals surface area contributed by atoms with Gasteiger partial charge in [-0.15, -0.1) is 6.42 Å². The van der Waals surface area contributed by atoms with Crippen LogP contribution in [0.4, 0.5) is 4.79 Å². The number of piperidine rings is 1. The number of aliphatic carboxylic acids is 1. The minimum Gasteiger partial charge on any atom is -0.481 e. The topological polar surface area (TPSA) is 69.6 Å². The molecule has 5 nitrogen and oxygen atoms in total. The zero-order valence-electron chi connectivity index (χ0n) is 11.4. The van der Waals surface area contributed by atoms with Crippen LogP contribution in [0.15, 0.2) is 0 Å². The zero-order chi connectivity index (χ0) is 14.3. The molecular formula is C14H22N2O3. The van der Waals surface area contributed by atoms with Crippen molar-refractivity contribution in [3.05, 3.63) is 0 Å². The van der Waals surface area contributed by atoms with Gasteiger partial charge in [0.05, 0.1) is 6.04 Å². The fourth-order valence-corrected chi connectivity index (χ4v) is 2.35. The van der Waals surface area contributed by atoms with E-state index in [1.54, 1.807) is 4.90 Å². The molecule has 2 N–H and O–H groups in total. The number of hydrogen-bond donors (Lipinski definition) is 2. The van der Waals surface area contributed by atoms with E-state index in [1.165, 1.54) is 0 Å². The molecule has 1 rings (SSSR count). The Hall–Kier alpha value is -1.70. The van der Waals surface area contributed by atoms with Crippen LogP contribution in [0.5, 0.6) is 0 Å². The second kappa shape index (κ2) is 7.67. The predicted molar refractivity (Wildman–Crippen MR) is 72.7 cm³/mol. The van der Waals surface area contributed by atoms with Gasteiger partial charge in [0.25, 0.3) is 0 Å². The van der Waals surface area contributed by atoms with Crippen molar-refractivity contribution >= 4 is 12.0 Å². The van der Waals surface area contributed by atoms with Crippen LogP contribution >= 0.6 is 0 Å². The predicted octanol–water partition coefficient (Wildman–Crippen LogP) is 1.83. The Morgan fingerprint density at radius 3 is 2.84 bits per heavy atom. The van der Waals surface area contributed by atoms with E-state index in [2.05, 4.69) is 11.2 Å². The average molecular weight is 266 g/mol. The average Bonchev–Trinajstić information content (AvgIpc) is 2.42. The van der Waals surface area contributed by atoms with Crippen molar-refractivity contribution in [3.8, 4) is 12.3 Å². The molecule has 0 aliphatic carbocycles. The molecule has 2 amide bonds. The minimum atomic E-state index is -0.819. The Morgan fingerprint density at radius 2 is 2.26 bits per heavy atom. The Kier molecular flexibility index (Phi) is 6.20. The lowest BCUT2D eigenvalue weighted by atomic mass is 9.98. The molecular weight excluding hydrogens is 244 g/mol. The number of likely N-dealkylation sites (tertiary alicyclic amines) is 1. The van der Waals surface area contributed by atoms with E-state index < -0.39 is 5.97 Å². The first-order valence-corrected chi connectivity index (χ1v) is 6.83. The summed E-state index contributed by atoms with van der Waals surface area (Å²) in [6.45, 7) is 2.60. The number of hydrogen-bond acceptors (Lipinski definition) is 2. The minimum absolute atomic E-state index is 0.0140. The van der Waals surface area contributed by atoms with Crippen molar-refractivity contribution in [3.63, 3.8) is 0 Å². The van der Waals surface area contributed by atoms with Crippen LogP contribution in [-0.2, 0) is 4.79 Å². The maximum Gasteiger partial charge on any atom is 0.318 e. The molecule has 1 aliphatic rings. The van der Waals surface area contributed by atoms with Crippen LogP contribution in [0, 0.1) is 12.3 Å². The molecule has 5 heteroatoms. The second-order valence-electron chi connectivity index (χ2n) is 4.85. The fourth-order valence-electron chi connectivity index (χ4n) is 2.35. The highest BCUT2D eigenvalue weighted by atomic mass is 16.4. The summed E-state index contributed by atoms with van der Waals surface area (Å²) in [6.07, 6.45) is 9.50. The molecule has 0 spiro atoms. The number of amides is 2. The summed E-state index contributed by atoms with van der Waals surface area (Å²) in [5, 5.41) is 11.6. The standard InChI is InChI=1S/C14H22N2O3/c1-3-11(4-2)15-14(19)16-10-6-5-7-12(16)8-9-13(17)18/h1,11-12H,4-10H2,2H3,(H,15,19)(H,17,18). The summed E-state index contributed by atoms with van der Waals surface area (Å²) < 4.78 is 0. The molecule has 0 aromatic carbocycles. The van der Waals surface area contributed by atoms with E-state index in [0.717, 1.165) is 19.3 Å². The van der Waals surface area contributed by atoms with Gasteiger partial charge in [0.15, 0.2) is 0 Å². The van der Waals surface area contributed by atoms with Crippen molar-refractivity contribution in [2.45, 2.75) is 57.5 Å². The normalized spacial score (nSPS) is 20.4. The lowest BCUT2D eigenvalue weighted by Gasteiger charge is -2.36. The largest absolute Gasteiger partial charge is 0.481 e. The molecule has 0 saturated carbocycles. The maximum absolute atomic E-state index is 12.2. The highest BCUT2D eigenvalue weighted by Crippen LogP contribution is 2.21. The van der Waals surface area contributed by atoms with Gasteiger partial charge in [-0.05, 0) is 32.1 Å². The van der Waals surface area contributed by atoms with E-state index >= 15 is 0 Å². The first-order chi connectivity index (χ1) is 9.08. The number of carbonyl (C=O) groups excluding carboxylic acids is 1. The number of carbonyl (C=O) groups is 2. The van der Waals surface area contributed by atoms with Gasteiger partial charge in [-0.2, -0.15) is 0 Å². The van der Waals surface area contributed by atoms with Crippen molar-refractivity contribution in [1.29, 1.82) is 0 Å². The third kappa shape index (κ3) is 4.82. The van der Waals surface area contributed by atoms with E-state index in [0.29, 0.717) is 19.4 Å². The van der Waals surface area contributed by atoms with Gasteiger partial charge in [-0.1, -0.05) is 12.8 Å². The Labute approximate surface area is 114 Å². The smallest absolute Gasteiger partial charge is 0.318 e. The number of carboxylic acids is 1. The molecule has 1 aliphatic heterocycles. The molecule has 1 saturated heterocycles. The second-order valence-corrected chi connectivity index (χ2v) is 4.85. The quantitative estimate of drug-likeness (QED) is 0.746. The van der Waals surface area contributed by atoms with Crippen molar-refractivity contribution < 1.29 is 14.7 Å².